The highest BCUT2D eigenvalue weighted by molar-refractivity contribution is 7.89. The minimum absolute atomic E-state index is 0.0457. The second-order valence-electron chi connectivity index (χ2n) is 8.86. The molecule has 2 heterocycles. The molecule has 1 N–H and O–H groups in total. The van der Waals surface area contributed by atoms with Gasteiger partial charge in [-0.2, -0.15) is 4.31 Å². The van der Waals surface area contributed by atoms with Gasteiger partial charge in [-0.3, -0.25) is 4.79 Å². The van der Waals surface area contributed by atoms with Crippen LogP contribution in [0.25, 0.3) is 0 Å². The molecule has 5 rings (SSSR count). The van der Waals surface area contributed by atoms with Crippen molar-refractivity contribution >= 4 is 15.9 Å². The molecule has 1 amide bonds. The number of hydrogen-bond donors (Lipinski definition) is 1. The first-order valence-corrected chi connectivity index (χ1v) is 13.3. The Morgan fingerprint density at radius 1 is 0.973 bits per heavy atom. The van der Waals surface area contributed by atoms with Crippen LogP contribution in [0.15, 0.2) is 71.6 Å². The van der Waals surface area contributed by atoms with Crippen molar-refractivity contribution < 1.29 is 32.2 Å². The molecule has 2 atom stereocenters. The molecule has 0 saturated carbocycles. The van der Waals surface area contributed by atoms with E-state index in [0.29, 0.717) is 23.0 Å². The second kappa shape index (κ2) is 10.3. The van der Waals surface area contributed by atoms with Gasteiger partial charge in [-0.15, -0.1) is 0 Å². The predicted molar refractivity (Wildman–Crippen MR) is 135 cm³/mol. The third-order valence-electron chi connectivity index (χ3n) is 6.76. The Hall–Kier alpha value is -3.76. The molecule has 194 valence electrons. The Morgan fingerprint density at radius 3 is 2.49 bits per heavy atom. The van der Waals surface area contributed by atoms with Crippen LogP contribution in [-0.2, 0) is 21.4 Å². The highest BCUT2D eigenvalue weighted by atomic mass is 32.2. The number of fused-ring (bicyclic) bond motifs is 1. The fourth-order valence-corrected chi connectivity index (χ4v) is 6.28. The molecule has 9 nitrogen and oxygen atoms in total. The Morgan fingerprint density at radius 2 is 1.73 bits per heavy atom. The minimum Gasteiger partial charge on any atom is -0.497 e. The number of amides is 1. The van der Waals surface area contributed by atoms with E-state index in [1.54, 1.807) is 25.3 Å². The molecular weight excluding hydrogens is 496 g/mol. The Labute approximate surface area is 216 Å². The topological polar surface area (TPSA) is 103 Å². The quantitative estimate of drug-likeness (QED) is 0.483. The lowest BCUT2D eigenvalue weighted by atomic mass is 9.87. The van der Waals surface area contributed by atoms with Gasteiger partial charge in [0.2, 0.25) is 22.7 Å². The number of ether oxygens (including phenoxy) is 4. The molecule has 0 radical (unpaired) electrons. The number of para-hydroxylation sites is 1. The molecule has 2 aliphatic rings. The van der Waals surface area contributed by atoms with E-state index in [9.17, 15) is 13.2 Å². The van der Waals surface area contributed by atoms with Gasteiger partial charge in [-0.25, -0.2) is 8.42 Å². The summed E-state index contributed by atoms with van der Waals surface area (Å²) in [5, 5.41) is 2.98. The summed E-state index contributed by atoms with van der Waals surface area (Å²) in [6.45, 7) is 0.642. The fraction of sp³-hybridized carbons (Fsp3) is 0.296. The van der Waals surface area contributed by atoms with Crippen molar-refractivity contribution in [2.45, 2.75) is 17.4 Å². The summed E-state index contributed by atoms with van der Waals surface area (Å²) in [6.07, 6.45) is 0. The van der Waals surface area contributed by atoms with Gasteiger partial charge < -0.3 is 24.3 Å². The van der Waals surface area contributed by atoms with Crippen molar-refractivity contribution in [1.82, 2.24) is 9.62 Å². The van der Waals surface area contributed by atoms with Gasteiger partial charge >= 0.3 is 0 Å². The maximum atomic E-state index is 13.5. The highest BCUT2D eigenvalue weighted by Gasteiger charge is 2.44. The smallest absolute Gasteiger partial charge is 0.243 e. The largest absolute Gasteiger partial charge is 0.497 e. The molecule has 0 unspecified atom stereocenters. The number of carbonyl (C=O) groups excluding carboxylic acids is 1. The molecule has 0 aromatic heterocycles. The first kappa shape index (κ1) is 24.9. The lowest BCUT2D eigenvalue weighted by Crippen LogP contribution is -2.35. The summed E-state index contributed by atoms with van der Waals surface area (Å²) >= 11 is 0. The Kier molecular flexibility index (Phi) is 6.94. The number of rotatable bonds is 8. The van der Waals surface area contributed by atoms with Gasteiger partial charge in [0.25, 0.3) is 0 Å². The maximum absolute atomic E-state index is 13.5. The van der Waals surface area contributed by atoms with Crippen LogP contribution in [0.2, 0.25) is 0 Å². The third-order valence-corrected chi connectivity index (χ3v) is 8.61. The number of nitrogens with zero attached hydrogens (tertiary/aromatic N) is 1. The van der Waals surface area contributed by atoms with E-state index in [4.69, 9.17) is 18.9 Å². The number of benzene rings is 3. The maximum Gasteiger partial charge on any atom is 0.243 e. The molecule has 0 bridgehead atoms. The van der Waals surface area contributed by atoms with E-state index in [1.165, 1.54) is 23.5 Å². The van der Waals surface area contributed by atoms with Crippen LogP contribution in [0.4, 0.5) is 0 Å². The first-order chi connectivity index (χ1) is 17.9. The van der Waals surface area contributed by atoms with Crippen LogP contribution >= 0.6 is 0 Å². The van der Waals surface area contributed by atoms with E-state index >= 15 is 0 Å². The van der Waals surface area contributed by atoms with Crippen molar-refractivity contribution in [3.8, 4) is 23.0 Å². The van der Waals surface area contributed by atoms with Crippen LogP contribution in [-0.4, -0.2) is 52.7 Å². The zero-order chi connectivity index (χ0) is 26.0. The number of methoxy groups -OCH3 is 2. The number of nitrogens with one attached hydrogen (secondary N) is 1. The average molecular weight is 525 g/mol. The van der Waals surface area contributed by atoms with E-state index in [2.05, 4.69) is 5.32 Å². The molecule has 10 heteroatoms. The first-order valence-electron chi connectivity index (χ1n) is 11.8. The minimum atomic E-state index is -3.84. The molecule has 3 aromatic carbocycles. The van der Waals surface area contributed by atoms with Gasteiger partial charge in [-0.05, 0) is 53.6 Å². The van der Waals surface area contributed by atoms with Crippen LogP contribution in [0.3, 0.4) is 0 Å². The number of hydrogen-bond acceptors (Lipinski definition) is 7. The predicted octanol–water partition coefficient (Wildman–Crippen LogP) is 3.15. The highest BCUT2D eigenvalue weighted by Crippen LogP contribution is 2.40. The summed E-state index contributed by atoms with van der Waals surface area (Å²) in [6, 6.07) is 19.1. The summed E-state index contributed by atoms with van der Waals surface area (Å²) < 4.78 is 49.9. The standard InChI is InChI=1S/C27H28N2O7S/c1-33-19-8-10-20(11-9-19)37(31,32)29-15-22(21-5-3-4-6-24(21)34-2)23(16-29)27(30)28-14-18-7-12-25-26(13-18)36-17-35-25/h3-13,22-23H,14-17H2,1-2H3,(H,28,30)/t22-,23-/m1/s1. The SMILES string of the molecule is COc1ccc(S(=O)(=O)N2C[C@H](c3ccccc3OC)[C@H](C(=O)NCc3ccc4c(c3)OCO4)C2)cc1. The van der Waals surface area contributed by atoms with Gasteiger partial charge in [-0.1, -0.05) is 24.3 Å². The van der Waals surface area contributed by atoms with Crippen LogP contribution < -0.4 is 24.3 Å². The lowest BCUT2D eigenvalue weighted by Gasteiger charge is -2.20. The zero-order valence-corrected chi connectivity index (χ0v) is 21.4. The Balaban J connectivity index is 1.40. The van der Waals surface area contributed by atoms with Crippen LogP contribution in [0.5, 0.6) is 23.0 Å². The molecule has 1 fully saturated rings. The van der Waals surface area contributed by atoms with Crippen molar-refractivity contribution in [1.29, 1.82) is 0 Å². The molecular formula is C27H28N2O7S. The van der Waals surface area contributed by atoms with Gasteiger partial charge in [0.15, 0.2) is 11.5 Å². The van der Waals surface area contributed by atoms with Crippen LogP contribution in [0, 0.1) is 5.92 Å². The van der Waals surface area contributed by atoms with E-state index in [0.717, 1.165) is 11.1 Å². The summed E-state index contributed by atoms with van der Waals surface area (Å²) in [5.41, 5.74) is 1.65. The Bertz CT molecular complexity index is 1390. The average Bonchev–Trinajstić information content (AvgIpc) is 3.59. The van der Waals surface area contributed by atoms with E-state index in [1.807, 2.05) is 36.4 Å². The molecule has 0 aliphatic carbocycles. The van der Waals surface area contributed by atoms with Crippen molar-refractivity contribution in [2.75, 3.05) is 34.1 Å². The monoisotopic (exact) mass is 524 g/mol. The molecule has 3 aromatic rings. The van der Waals surface area contributed by atoms with E-state index in [-0.39, 0.29) is 43.1 Å². The lowest BCUT2D eigenvalue weighted by molar-refractivity contribution is -0.125. The van der Waals surface area contributed by atoms with Crippen molar-refractivity contribution in [3.63, 3.8) is 0 Å². The molecule has 0 spiro atoms. The summed E-state index contributed by atoms with van der Waals surface area (Å²) in [4.78, 5) is 13.6. The van der Waals surface area contributed by atoms with Crippen molar-refractivity contribution in [3.05, 3.63) is 77.9 Å². The molecule has 1 saturated heterocycles. The van der Waals surface area contributed by atoms with E-state index < -0.39 is 15.9 Å². The van der Waals surface area contributed by atoms with Crippen LogP contribution in [0.1, 0.15) is 17.0 Å². The summed E-state index contributed by atoms with van der Waals surface area (Å²) in [7, 11) is -0.752. The molecule has 2 aliphatic heterocycles. The number of sulfonamides is 1. The fourth-order valence-electron chi connectivity index (χ4n) is 4.79. The molecule has 37 heavy (non-hydrogen) atoms. The second-order valence-corrected chi connectivity index (χ2v) is 10.8. The van der Waals surface area contributed by atoms with Crippen molar-refractivity contribution in [2.24, 2.45) is 5.92 Å². The summed E-state index contributed by atoms with van der Waals surface area (Å²) in [5.74, 6) is 1.25. The van der Waals surface area contributed by atoms with Gasteiger partial charge in [0.05, 0.1) is 25.0 Å². The zero-order valence-electron chi connectivity index (χ0n) is 20.5. The number of carbonyl (C=O) groups is 1. The normalized spacial score (nSPS) is 19.0. The third kappa shape index (κ3) is 4.94. The van der Waals surface area contributed by atoms with Gasteiger partial charge in [0.1, 0.15) is 11.5 Å². The van der Waals surface area contributed by atoms with Gasteiger partial charge in [0, 0.05) is 25.6 Å².